The van der Waals surface area contributed by atoms with E-state index in [1.807, 2.05) is 26.0 Å². The van der Waals surface area contributed by atoms with E-state index in [1.54, 1.807) is 0 Å². The Morgan fingerprint density at radius 1 is 1.40 bits per heavy atom. The maximum atomic E-state index is 12.2. The first-order chi connectivity index (χ1) is 9.60. The number of nitrogens with one attached hydrogen (secondary N) is 2. The highest BCUT2D eigenvalue weighted by Gasteiger charge is 2.25. The highest BCUT2D eigenvalue weighted by molar-refractivity contribution is 5.93. The number of hydrogen-bond acceptors (Lipinski definition) is 3. The molecule has 1 fully saturated rings. The second-order valence-electron chi connectivity index (χ2n) is 5.65. The molecule has 0 aliphatic carbocycles. The van der Waals surface area contributed by atoms with E-state index >= 15 is 0 Å². The van der Waals surface area contributed by atoms with E-state index in [0.29, 0.717) is 12.6 Å². The molecule has 2 rings (SSSR count). The number of carbonyl (C=O) groups is 1. The Balaban J connectivity index is 1.94. The van der Waals surface area contributed by atoms with E-state index in [9.17, 15) is 4.79 Å². The molecule has 4 nitrogen and oxygen atoms in total. The lowest BCUT2D eigenvalue weighted by molar-refractivity contribution is -0.118. The van der Waals surface area contributed by atoms with Crippen LogP contribution in [0.1, 0.15) is 24.5 Å². The van der Waals surface area contributed by atoms with E-state index < -0.39 is 0 Å². The van der Waals surface area contributed by atoms with Crippen LogP contribution in [0.2, 0.25) is 0 Å². The molecule has 1 heterocycles. The SMILES string of the molecule is CCCN(CC(=O)Nc1cc(C)ccc1C)C1CNC1. The highest BCUT2D eigenvalue weighted by Crippen LogP contribution is 2.16. The molecule has 0 bridgehead atoms. The molecule has 1 amide bonds. The Morgan fingerprint density at radius 3 is 2.75 bits per heavy atom. The van der Waals surface area contributed by atoms with Crippen molar-refractivity contribution >= 4 is 11.6 Å². The zero-order valence-corrected chi connectivity index (χ0v) is 12.7. The van der Waals surface area contributed by atoms with Crippen molar-refractivity contribution in [2.24, 2.45) is 0 Å². The van der Waals surface area contributed by atoms with E-state index in [2.05, 4.69) is 28.5 Å². The van der Waals surface area contributed by atoms with Crippen LogP contribution in [0.15, 0.2) is 18.2 Å². The van der Waals surface area contributed by atoms with Crippen LogP contribution in [0, 0.1) is 13.8 Å². The van der Waals surface area contributed by atoms with Gasteiger partial charge in [0.1, 0.15) is 0 Å². The Labute approximate surface area is 121 Å². The minimum absolute atomic E-state index is 0.0825. The first kappa shape index (κ1) is 15.0. The van der Waals surface area contributed by atoms with Gasteiger partial charge >= 0.3 is 0 Å². The monoisotopic (exact) mass is 275 g/mol. The maximum Gasteiger partial charge on any atom is 0.238 e. The van der Waals surface area contributed by atoms with Gasteiger partial charge in [0.15, 0.2) is 0 Å². The van der Waals surface area contributed by atoms with Crippen LogP contribution in [-0.2, 0) is 4.79 Å². The summed E-state index contributed by atoms with van der Waals surface area (Å²) in [6.07, 6.45) is 1.08. The lowest BCUT2D eigenvalue weighted by Gasteiger charge is -2.37. The summed E-state index contributed by atoms with van der Waals surface area (Å²) < 4.78 is 0. The van der Waals surface area contributed by atoms with Crippen LogP contribution in [0.5, 0.6) is 0 Å². The summed E-state index contributed by atoms with van der Waals surface area (Å²) in [6, 6.07) is 6.65. The van der Waals surface area contributed by atoms with Crippen molar-refractivity contribution in [1.29, 1.82) is 0 Å². The smallest absolute Gasteiger partial charge is 0.238 e. The summed E-state index contributed by atoms with van der Waals surface area (Å²) in [6.45, 7) is 9.67. The molecular formula is C16H25N3O. The molecular weight excluding hydrogens is 250 g/mol. The van der Waals surface area contributed by atoms with Crippen LogP contribution in [0.4, 0.5) is 5.69 Å². The lowest BCUT2D eigenvalue weighted by atomic mass is 10.1. The van der Waals surface area contributed by atoms with Crippen LogP contribution in [0.3, 0.4) is 0 Å². The molecule has 1 aliphatic heterocycles. The van der Waals surface area contributed by atoms with Crippen LogP contribution in [0.25, 0.3) is 0 Å². The number of carbonyl (C=O) groups excluding carboxylic acids is 1. The number of amides is 1. The van der Waals surface area contributed by atoms with Crippen LogP contribution >= 0.6 is 0 Å². The summed E-state index contributed by atoms with van der Waals surface area (Å²) >= 11 is 0. The van der Waals surface area contributed by atoms with Gasteiger partial charge in [-0.2, -0.15) is 0 Å². The number of rotatable bonds is 6. The summed E-state index contributed by atoms with van der Waals surface area (Å²) in [5.41, 5.74) is 3.20. The Morgan fingerprint density at radius 2 is 2.15 bits per heavy atom. The summed E-state index contributed by atoms with van der Waals surface area (Å²) in [4.78, 5) is 14.5. The molecule has 0 radical (unpaired) electrons. The maximum absolute atomic E-state index is 12.2. The average Bonchev–Trinajstić information content (AvgIpc) is 2.32. The zero-order chi connectivity index (χ0) is 14.5. The number of hydrogen-bond donors (Lipinski definition) is 2. The quantitative estimate of drug-likeness (QED) is 0.834. The van der Waals surface area contributed by atoms with Gasteiger partial charge in [0.2, 0.25) is 5.91 Å². The Kier molecular flexibility index (Phi) is 5.15. The van der Waals surface area contributed by atoms with Crippen LogP contribution < -0.4 is 10.6 Å². The molecule has 1 aromatic carbocycles. The molecule has 0 unspecified atom stereocenters. The normalized spacial score (nSPS) is 15.2. The predicted molar refractivity (Wildman–Crippen MR) is 83.1 cm³/mol. The van der Waals surface area contributed by atoms with Gasteiger partial charge in [-0.15, -0.1) is 0 Å². The van der Waals surface area contributed by atoms with Gasteiger partial charge in [0.25, 0.3) is 0 Å². The third-order valence-electron chi connectivity index (χ3n) is 3.80. The highest BCUT2D eigenvalue weighted by atomic mass is 16.2. The Hall–Kier alpha value is -1.39. The lowest BCUT2D eigenvalue weighted by Crippen LogP contribution is -2.58. The van der Waals surface area contributed by atoms with Gasteiger partial charge in [0, 0.05) is 24.8 Å². The molecule has 20 heavy (non-hydrogen) atoms. The topological polar surface area (TPSA) is 44.4 Å². The number of anilines is 1. The largest absolute Gasteiger partial charge is 0.325 e. The average molecular weight is 275 g/mol. The van der Waals surface area contributed by atoms with Crippen molar-refractivity contribution in [3.8, 4) is 0 Å². The standard InChI is InChI=1S/C16H25N3O/c1-4-7-19(14-9-17-10-14)11-16(20)18-15-8-12(2)5-6-13(15)3/h5-6,8,14,17H,4,7,9-11H2,1-3H3,(H,18,20). The Bertz CT molecular complexity index is 469. The van der Waals surface area contributed by atoms with Gasteiger partial charge in [-0.3, -0.25) is 9.69 Å². The molecule has 2 N–H and O–H groups in total. The fraction of sp³-hybridized carbons (Fsp3) is 0.562. The van der Waals surface area contributed by atoms with Gasteiger partial charge in [-0.05, 0) is 44.0 Å². The fourth-order valence-electron chi connectivity index (χ4n) is 2.45. The first-order valence-electron chi connectivity index (χ1n) is 7.42. The van der Waals surface area contributed by atoms with Gasteiger partial charge < -0.3 is 10.6 Å². The molecule has 110 valence electrons. The van der Waals surface area contributed by atoms with Gasteiger partial charge in [0.05, 0.1) is 6.54 Å². The van der Waals surface area contributed by atoms with Crippen molar-refractivity contribution in [2.75, 3.05) is 31.5 Å². The number of aryl methyl sites for hydroxylation is 2. The van der Waals surface area contributed by atoms with Gasteiger partial charge in [-0.1, -0.05) is 19.1 Å². The third kappa shape index (κ3) is 3.81. The molecule has 1 saturated heterocycles. The minimum atomic E-state index is 0.0825. The van der Waals surface area contributed by atoms with Crippen molar-refractivity contribution in [2.45, 2.75) is 33.2 Å². The van der Waals surface area contributed by atoms with Gasteiger partial charge in [-0.25, -0.2) is 0 Å². The van der Waals surface area contributed by atoms with E-state index in [4.69, 9.17) is 0 Å². The second-order valence-corrected chi connectivity index (χ2v) is 5.65. The second kappa shape index (κ2) is 6.86. The fourth-order valence-corrected chi connectivity index (χ4v) is 2.45. The molecule has 0 atom stereocenters. The first-order valence-corrected chi connectivity index (χ1v) is 7.42. The number of nitrogens with zero attached hydrogens (tertiary/aromatic N) is 1. The summed E-state index contributed by atoms with van der Waals surface area (Å²) in [5.74, 6) is 0.0825. The number of benzene rings is 1. The molecule has 0 saturated carbocycles. The third-order valence-corrected chi connectivity index (χ3v) is 3.80. The molecule has 0 spiro atoms. The van der Waals surface area contributed by atoms with Crippen molar-refractivity contribution in [3.05, 3.63) is 29.3 Å². The summed E-state index contributed by atoms with van der Waals surface area (Å²) in [7, 11) is 0. The van der Waals surface area contributed by atoms with Crippen molar-refractivity contribution in [1.82, 2.24) is 10.2 Å². The minimum Gasteiger partial charge on any atom is -0.325 e. The van der Waals surface area contributed by atoms with Crippen molar-refractivity contribution < 1.29 is 4.79 Å². The van der Waals surface area contributed by atoms with E-state index in [1.165, 1.54) is 5.56 Å². The van der Waals surface area contributed by atoms with Crippen LogP contribution in [-0.4, -0.2) is 43.0 Å². The van der Waals surface area contributed by atoms with Crippen molar-refractivity contribution in [3.63, 3.8) is 0 Å². The molecule has 0 aromatic heterocycles. The van der Waals surface area contributed by atoms with E-state index in [0.717, 1.165) is 37.3 Å². The molecule has 4 heteroatoms. The molecule has 1 aromatic rings. The van der Waals surface area contributed by atoms with E-state index in [-0.39, 0.29) is 5.91 Å². The zero-order valence-electron chi connectivity index (χ0n) is 12.7. The molecule has 1 aliphatic rings. The summed E-state index contributed by atoms with van der Waals surface area (Å²) in [5, 5.41) is 6.31. The predicted octanol–water partition coefficient (Wildman–Crippen LogP) is 1.93.